The average Bonchev–Trinajstić information content (AvgIpc) is 2.69. The van der Waals surface area contributed by atoms with E-state index in [4.69, 9.17) is 0 Å². The SMILES string of the molecule is Cc1ccc(S(=O)(=O)Nc2ccccc2N=Cc2cc(C)cc([N+](=O)[O-])c2O)cc1. The third kappa shape index (κ3) is 4.64. The van der Waals surface area contributed by atoms with Crippen molar-refractivity contribution in [2.24, 2.45) is 4.99 Å². The quantitative estimate of drug-likeness (QED) is 0.343. The summed E-state index contributed by atoms with van der Waals surface area (Å²) in [5.41, 5.74) is 1.76. The second-order valence-corrected chi connectivity index (χ2v) is 8.36. The molecule has 30 heavy (non-hydrogen) atoms. The highest BCUT2D eigenvalue weighted by atomic mass is 32.2. The first-order chi connectivity index (χ1) is 14.2. The van der Waals surface area contributed by atoms with Crippen molar-refractivity contribution in [1.82, 2.24) is 0 Å². The zero-order valence-electron chi connectivity index (χ0n) is 16.2. The Morgan fingerprint density at radius 2 is 1.70 bits per heavy atom. The fourth-order valence-electron chi connectivity index (χ4n) is 2.76. The Balaban J connectivity index is 1.95. The number of phenolic OH excluding ortho intramolecular Hbond substituents is 1. The van der Waals surface area contributed by atoms with Gasteiger partial charge in [0.05, 0.1) is 21.2 Å². The summed E-state index contributed by atoms with van der Waals surface area (Å²) < 4.78 is 27.9. The number of hydrogen-bond donors (Lipinski definition) is 2. The molecule has 0 saturated carbocycles. The number of nitro groups is 1. The number of anilines is 1. The molecule has 0 aliphatic carbocycles. The molecule has 0 aliphatic rings. The Bertz CT molecular complexity index is 1240. The molecule has 3 aromatic carbocycles. The minimum Gasteiger partial charge on any atom is -0.502 e. The topological polar surface area (TPSA) is 122 Å². The third-order valence-corrected chi connectivity index (χ3v) is 5.66. The van der Waals surface area contributed by atoms with Gasteiger partial charge < -0.3 is 5.11 Å². The number of sulfonamides is 1. The van der Waals surface area contributed by atoms with E-state index in [9.17, 15) is 23.6 Å². The van der Waals surface area contributed by atoms with Crippen LogP contribution in [0.5, 0.6) is 5.75 Å². The van der Waals surface area contributed by atoms with E-state index in [-0.39, 0.29) is 21.8 Å². The summed E-state index contributed by atoms with van der Waals surface area (Å²) in [6.07, 6.45) is 1.26. The van der Waals surface area contributed by atoms with Crippen LogP contribution in [0, 0.1) is 24.0 Å². The molecule has 0 aliphatic heterocycles. The number of aromatic hydroxyl groups is 1. The van der Waals surface area contributed by atoms with Crippen LogP contribution in [0.1, 0.15) is 16.7 Å². The van der Waals surface area contributed by atoms with Crippen LogP contribution in [-0.4, -0.2) is 24.7 Å². The zero-order valence-corrected chi connectivity index (χ0v) is 17.1. The van der Waals surface area contributed by atoms with Gasteiger partial charge in [0.25, 0.3) is 10.0 Å². The van der Waals surface area contributed by atoms with E-state index in [0.29, 0.717) is 5.56 Å². The number of phenols is 1. The summed E-state index contributed by atoms with van der Waals surface area (Å²) in [6.45, 7) is 3.52. The van der Waals surface area contributed by atoms with Gasteiger partial charge in [-0.15, -0.1) is 0 Å². The molecule has 9 heteroatoms. The van der Waals surface area contributed by atoms with Gasteiger partial charge in [-0.1, -0.05) is 29.8 Å². The molecule has 3 aromatic rings. The Kier molecular flexibility index (Phi) is 5.84. The lowest BCUT2D eigenvalue weighted by Crippen LogP contribution is -2.13. The van der Waals surface area contributed by atoms with Crippen LogP contribution >= 0.6 is 0 Å². The number of rotatable bonds is 6. The van der Waals surface area contributed by atoms with Crippen LogP contribution in [0.25, 0.3) is 0 Å². The summed E-state index contributed by atoms with van der Waals surface area (Å²) in [5.74, 6) is -0.507. The largest absolute Gasteiger partial charge is 0.502 e. The Morgan fingerprint density at radius 1 is 1.03 bits per heavy atom. The Labute approximate surface area is 173 Å². The van der Waals surface area contributed by atoms with E-state index in [2.05, 4.69) is 9.71 Å². The highest BCUT2D eigenvalue weighted by Gasteiger charge is 2.18. The first-order valence-electron chi connectivity index (χ1n) is 8.88. The minimum atomic E-state index is -3.83. The first kappa shape index (κ1) is 21.0. The molecule has 0 amide bonds. The maximum Gasteiger partial charge on any atom is 0.311 e. The fraction of sp³-hybridized carbons (Fsp3) is 0.0952. The van der Waals surface area contributed by atoms with Crippen molar-refractivity contribution in [3.8, 4) is 5.75 Å². The van der Waals surface area contributed by atoms with Crippen molar-refractivity contribution < 1.29 is 18.4 Å². The van der Waals surface area contributed by atoms with Gasteiger partial charge in [-0.3, -0.25) is 19.8 Å². The van der Waals surface area contributed by atoms with Crippen molar-refractivity contribution in [2.45, 2.75) is 18.7 Å². The molecule has 8 nitrogen and oxygen atoms in total. The van der Waals surface area contributed by atoms with E-state index < -0.39 is 26.4 Å². The molecule has 3 rings (SSSR count). The van der Waals surface area contributed by atoms with E-state index in [0.717, 1.165) is 5.56 Å². The van der Waals surface area contributed by atoms with Crippen molar-refractivity contribution in [3.05, 3.63) is 87.5 Å². The average molecular weight is 425 g/mol. The molecule has 0 bridgehead atoms. The van der Waals surface area contributed by atoms with E-state index in [1.165, 1.54) is 24.4 Å². The van der Waals surface area contributed by atoms with Crippen LogP contribution in [0.4, 0.5) is 17.1 Å². The standard InChI is InChI=1S/C21H19N3O5S/c1-14-7-9-17(10-8-14)30(28,29)23-19-6-4-3-5-18(19)22-13-16-11-15(2)12-20(21(16)25)24(26)27/h3-13,23,25H,1-2H3. The van der Waals surface area contributed by atoms with Crippen molar-refractivity contribution in [2.75, 3.05) is 4.72 Å². The lowest BCUT2D eigenvalue weighted by atomic mass is 10.1. The van der Waals surface area contributed by atoms with Crippen LogP contribution in [0.3, 0.4) is 0 Å². The molecule has 154 valence electrons. The summed E-state index contributed by atoms with van der Waals surface area (Å²) in [7, 11) is -3.83. The molecule has 0 atom stereocenters. The summed E-state index contributed by atoms with van der Waals surface area (Å²) in [4.78, 5) is 14.8. The lowest BCUT2D eigenvalue weighted by molar-refractivity contribution is -0.385. The molecule has 0 heterocycles. The Morgan fingerprint density at radius 3 is 2.37 bits per heavy atom. The minimum absolute atomic E-state index is 0.110. The van der Waals surface area contributed by atoms with Gasteiger partial charge in [-0.25, -0.2) is 8.42 Å². The van der Waals surface area contributed by atoms with E-state index in [1.54, 1.807) is 49.4 Å². The Hall–Kier alpha value is -3.72. The first-order valence-corrected chi connectivity index (χ1v) is 10.4. The molecular weight excluding hydrogens is 406 g/mol. The van der Waals surface area contributed by atoms with Crippen molar-refractivity contribution >= 4 is 33.3 Å². The highest BCUT2D eigenvalue weighted by molar-refractivity contribution is 7.92. The van der Waals surface area contributed by atoms with Gasteiger partial charge in [0, 0.05) is 17.8 Å². The second kappa shape index (κ2) is 8.34. The molecule has 0 fully saturated rings. The number of nitrogens with one attached hydrogen (secondary N) is 1. The predicted molar refractivity (Wildman–Crippen MR) is 115 cm³/mol. The molecule has 2 N–H and O–H groups in total. The lowest BCUT2D eigenvalue weighted by Gasteiger charge is -2.10. The molecular formula is C21H19N3O5S. The summed E-state index contributed by atoms with van der Waals surface area (Å²) in [5, 5.41) is 21.2. The van der Waals surface area contributed by atoms with E-state index >= 15 is 0 Å². The number of hydrogen-bond acceptors (Lipinski definition) is 6. The van der Waals surface area contributed by atoms with Crippen molar-refractivity contribution in [1.29, 1.82) is 0 Å². The molecule has 0 spiro atoms. The van der Waals surface area contributed by atoms with Gasteiger partial charge >= 0.3 is 5.69 Å². The summed E-state index contributed by atoms with van der Waals surface area (Å²) >= 11 is 0. The van der Waals surface area contributed by atoms with Crippen LogP contribution in [0.2, 0.25) is 0 Å². The molecule has 0 saturated heterocycles. The van der Waals surface area contributed by atoms with Gasteiger partial charge in [0.2, 0.25) is 5.75 Å². The van der Waals surface area contributed by atoms with Crippen LogP contribution < -0.4 is 4.72 Å². The monoisotopic (exact) mass is 425 g/mol. The predicted octanol–water partition coefficient (Wildman–Crippen LogP) is 4.47. The molecule has 0 aromatic heterocycles. The van der Waals surface area contributed by atoms with Crippen LogP contribution in [0.15, 0.2) is 70.6 Å². The highest BCUT2D eigenvalue weighted by Crippen LogP contribution is 2.32. The zero-order chi connectivity index (χ0) is 21.9. The second-order valence-electron chi connectivity index (χ2n) is 6.67. The number of nitro benzene ring substituents is 1. The number of nitrogens with zero attached hydrogens (tertiary/aromatic N) is 2. The van der Waals surface area contributed by atoms with E-state index in [1.807, 2.05) is 6.92 Å². The maximum atomic E-state index is 12.7. The summed E-state index contributed by atoms with van der Waals surface area (Å²) in [6, 6.07) is 15.7. The maximum absolute atomic E-state index is 12.7. The third-order valence-electron chi connectivity index (χ3n) is 4.28. The fourth-order valence-corrected chi connectivity index (χ4v) is 3.83. The van der Waals surface area contributed by atoms with Gasteiger partial charge in [-0.05, 0) is 49.7 Å². The smallest absolute Gasteiger partial charge is 0.311 e. The number of aryl methyl sites for hydroxylation is 2. The number of benzene rings is 3. The van der Waals surface area contributed by atoms with Gasteiger partial charge in [-0.2, -0.15) is 0 Å². The molecule has 0 radical (unpaired) electrons. The number of para-hydroxylation sites is 2. The molecule has 0 unspecified atom stereocenters. The van der Waals surface area contributed by atoms with Gasteiger partial charge in [0.1, 0.15) is 0 Å². The normalized spacial score (nSPS) is 11.5. The van der Waals surface area contributed by atoms with Crippen LogP contribution in [-0.2, 0) is 10.0 Å². The van der Waals surface area contributed by atoms with Crippen molar-refractivity contribution in [3.63, 3.8) is 0 Å². The number of aliphatic imine (C=N–C) groups is 1. The van der Waals surface area contributed by atoms with Gasteiger partial charge in [0.15, 0.2) is 0 Å².